The Labute approximate surface area is 109 Å². The number of thioether (sulfide) groups is 1. The summed E-state index contributed by atoms with van der Waals surface area (Å²) in [6.45, 7) is 1.82. The number of carboxylic acids is 1. The first-order valence-corrected chi connectivity index (χ1v) is 6.83. The minimum absolute atomic E-state index is 0.0860. The van der Waals surface area contributed by atoms with Gasteiger partial charge in [0.25, 0.3) is 0 Å². The van der Waals surface area contributed by atoms with Crippen LogP contribution in [0.2, 0.25) is 0 Å². The van der Waals surface area contributed by atoms with Gasteiger partial charge in [0, 0.05) is 6.04 Å². The molecule has 0 saturated heterocycles. The maximum absolute atomic E-state index is 13.6. The van der Waals surface area contributed by atoms with Gasteiger partial charge in [-0.25, -0.2) is 13.6 Å². The quantitative estimate of drug-likeness (QED) is 0.837. The highest BCUT2D eigenvalue weighted by molar-refractivity contribution is 7.98. The second kappa shape index (κ2) is 6.58. The average molecular weight is 275 g/mol. The number of nitrogens with one attached hydrogen (secondary N) is 1. The zero-order chi connectivity index (χ0) is 13.7. The molecule has 1 aromatic rings. The highest BCUT2D eigenvalue weighted by Crippen LogP contribution is 2.22. The van der Waals surface area contributed by atoms with Crippen molar-refractivity contribution < 1.29 is 18.7 Å². The standard InChI is InChI=1S/C12H15F2NO2S/c1-7(3-4-18-2)15-11-9(13)5-8(12(16)17)6-10(11)14/h5-7,15H,3-4H2,1-2H3,(H,16,17). The molecule has 0 bridgehead atoms. The van der Waals surface area contributed by atoms with Crippen LogP contribution in [0.1, 0.15) is 23.7 Å². The van der Waals surface area contributed by atoms with Gasteiger partial charge in [0.15, 0.2) is 0 Å². The molecule has 100 valence electrons. The Hall–Kier alpha value is -1.30. The van der Waals surface area contributed by atoms with Gasteiger partial charge in [0.05, 0.1) is 5.56 Å². The number of anilines is 1. The molecular formula is C12H15F2NO2S. The van der Waals surface area contributed by atoms with Crippen molar-refractivity contribution >= 4 is 23.4 Å². The van der Waals surface area contributed by atoms with Crippen LogP contribution in [-0.2, 0) is 0 Å². The normalized spacial score (nSPS) is 12.2. The molecule has 0 heterocycles. The number of carbonyl (C=O) groups is 1. The minimum Gasteiger partial charge on any atom is -0.478 e. The fourth-order valence-corrected chi connectivity index (χ4v) is 2.04. The second-order valence-electron chi connectivity index (χ2n) is 3.95. The maximum atomic E-state index is 13.6. The van der Waals surface area contributed by atoms with Crippen molar-refractivity contribution in [3.05, 3.63) is 29.3 Å². The van der Waals surface area contributed by atoms with Crippen LogP contribution in [0.4, 0.5) is 14.5 Å². The Bertz CT molecular complexity index is 417. The lowest BCUT2D eigenvalue weighted by molar-refractivity contribution is 0.0696. The molecule has 0 radical (unpaired) electrons. The molecule has 1 rings (SSSR count). The zero-order valence-electron chi connectivity index (χ0n) is 10.2. The van der Waals surface area contributed by atoms with Crippen LogP contribution in [0.3, 0.4) is 0 Å². The fraction of sp³-hybridized carbons (Fsp3) is 0.417. The first-order valence-electron chi connectivity index (χ1n) is 5.43. The third-order valence-corrected chi connectivity index (χ3v) is 3.08. The summed E-state index contributed by atoms with van der Waals surface area (Å²) in [5.74, 6) is -2.24. The molecule has 0 aromatic heterocycles. The van der Waals surface area contributed by atoms with Gasteiger partial charge in [-0.3, -0.25) is 0 Å². The van der Waals surface area contributed by atoms with E-state index in [1.807, 2.05) is 13.2 Å². The van der Waals surface area contributed by atoms with Gasteiger partial charge >= 0.3 is 5.97 Å². The monoisotopic (exact) mass is 275 g/mol. The van der Waals surface area contributed by atoms with E-state index < -0.39 is 23.2 Å². The van der Waals surface area contributed by atoms with E-state index in [9.17, 15) is 13.6 Å². The third kappa shape index (κ3) is 3.87. The molecule has 0 spiro atoms. The Morgan fingerprint density at radius 1 is 1.44 bits per heavy atom. The Morgan fingerprint density at radius 3 is 2.44 bits per heavy atom. The number of benzene rings is 1. The average Bonchev–Trinajstić information content (AvgIpc) is 2.30. The van der Waals surface area contributed by atoms with Gasteiger partial charge in [-0.15, -0.1) is 0 Å². The fourth-order valence-electron chi connectivity index (χ4n) is 1.45. The summed E-state index contributed by atoms with van der Waals surface area (Å²) in [4.78, 5) is 10.6. The van der Waals surface area contributed by atoms with Gasteiger partial charge in [-0.1, -0.05) is 0 Å². The van der Waals surface area contributed by atoms with Crippen LogP contribution in [0.5, 0.6) is 0 Å². The molecule has 3 nitrogen and oxygen atoms in total. The van der Waals surface area contributed by atoms with E-state index in [0.29, 0.717) is 0 Å². The van der Waals surface area contributed by atoms with Gasteiger partial charge in [0.2, 0.25) is 0 Å². The number of rotatable bonds is 6. The van der Waals surface area contributed by atoms with E-state index in [0.717, 1.165) is 24.3 Å². The number of hydrogen-bond acceptors (Lipinski definition) is 3. The van der Waals surface area contributed by atoms with Gasteiger partial charge < -0.3 is 10.4 Å². The molecule has 1 unspecified atom stereocenters. The van der Waals surface area contributed by atoms with E-state index in [-0.39, 0.29) is 11.7 Å². The molecule has 0 fully saturated rings. The molecule has 0 aliphatic carbocycles. The SMILES string of the molecule is CSCCC(C)Nc1c(F)cc(C(=O)O)cc1F. The smallest absolute Gasteiger partial charge is 0.335 e. The number of carboxylic acid groups (broad SMARTS) is 1. The predicted molar refractivity (Wildman–Crippen MR) is 69.4 cm³/mol. The van der Waals surface area contributed by atoms with Gasteiger partial charge in [0.1, 0.15) is 17.3 Å². The predicted octanol–water partition coefficient (Wildman–Crippen LogP) is 3.22. The van der Waals surface area contributed by atoms with Crippen molar-refractivity contribution in [3.8, 4) is 0 Å². The summed E-state index contributed by atoms with van der Waals surface area (Å²) in [5.41, 5.74) is -0.666. The molecule has 0 saturated carbocycles. The summed E-state index contributed by atoms with van der Waals surface area (Å²) >= 11 is 1.65. The zero-order valence-corrected chi connectivity index (χ0v) is 11.0. The maximum Gasteiger partial charge on any atom is 0.335 e. The first kappa shape index (κ1) is 14.8. The van der Waals surface area contributed by atoms with Crippen molar-refractivity contribution in [2.45, 2.75) is 19.4 Å². The van der Waals surface area contributed by atoms with Gasteiger partial charge in [-0.05, 0) is 37.5 Å². The van der Waals surface area contributed by atoms with E-state index in [1.54, 1.807) is 11.8 Å². The second-order valence-corrected chi connectivity index (χ2v) is 4.93. The van der Waals surface area contributed by atoms with Crippen molar-refractivity contribution in [3.63, 3.8) is 0 Å². The summed E-state index contributed by atoms with van der Waals surface area (Å²) in [7, 11) is 0. The lowest BCUT2D eigenvalue weighted by Gasteiger charge is -2.16. The Morgan fingerprint density at radius 2 is 2.00 bits per heavy atom. The van der Waals surface area contributed by atoms with E-state index in [2.05, 4.69) is 5.32 Å². The van der Waals surface area contributed by atoms with E-state index in [1.165, 1.54) is 0 Å². The molecule has 0 amide bonds. The summed E-state index contributed by atoms with van der Waals surface area (Å²) in [6.07, 6.45) is 2.72. The summed E-state index contributed by atoms with van der Waals surface area (Å²) in [6, 6.07) is 1.54. The van der Waals surface area contributed by atoms with Crippen LogP contribution in [0, 0.1) is 11.6 Å². The summed E-state index contributed by atoms with van der Waals surface area (Å²) in [5, 5.41) is 11.4. The minimum atomic E-state index is -1.35. The number of aromatic carboxylic acids is 1. The van der Waals surface area contributed by atoms with Crippen LogP contribution in [0.25, 0.3) is 0 Å². The molecule has 0 aliphatic heterocycles. The first-order chi connectivity index (χ1) is 8.45. The van der Waals surface area contributed by atoms with E-state index in [4.69, 9.17) is 5.11 Å². The van der Waals surface area contributed by atoms with E-state index >= 15 is 0 Å². The Balaban J connectivity index is 2.86. The van der Waals surface area contributed by atoms with Gasteiger partial charge in [-0.2, -0.15) is 11.8 Å². The molecule has 2 N–H and O–H groups in total. The number of halogens is 2. The van der Waals surface area contributed by atoms with Crippen molar-refractivity contribution in [2.75, 3.05) is 17.3 Å². The van der Waals surface area contributed by atoms with Crippen molar-refractivity contribution in [1.29, 1.82) is 0 Å². The molecule has 1 atom stereocenters. The number of hydrogen-bond donors (Lipinski definition) is 2. The molecule has 1 aromatic carbocycles. The highest BCUT2D eigenvalue weighted by atomic mass is 32.2. The molecule has 0 aliphatic rings. The van der Waals surface area contributed by atoms with Crippen molar-refractivity contribution in [2.24, 2.45) is 0 Å². The molecular weight excluding hydrogens is 260 g/mol. The molecule has 18 heavy (non-hydrogen) atoms. The van der Waals surface area contributed by atoms with Crippen LogP contribution in [-0.4, -0.2) is 29.1 Å². The van der Waals surface area contributed by atoms with Crippen molar-refractivity contribution in [1.82, 2.24) is 0 Å². The highest BCUT2D eigenvalue weighted by Gasteiger charge is 2.16. The molecule has 6 heteroatoms. The van der Waals surface area contributed by atoms with Crippen LogP contribution >= 0.6 is 11.8 Å². The third-order valence-electron chi connectivity index (χ3n) is 2.43. The largest absolute Gasteiger partial charge is 0.478 e. The summed E-state index contributed by atoms with van der Waals surface area (Å²) < 4.78 is 27.2. The van der Waals surface area contributed by atoms with Crippen LogP contribution < -0.4 is 5.32 Å². The lowest BCUT2D eigenvalue weighted by atomic mass is 10.1. The topological polar surface area (TPSA) is 49.3 Å². The lowest BCUT2D eigenvalue weighted by Crippen LogP contribution is -2.18. The van der Waals surface area contributed by atoms with Crippen LogP contribution in [0.15, 0.2) is 12.1 Å². The Kier molecular flexibility index (Phi) is 5.40.